The molecule has 0 saturated carbocycles. The van der Waals surface area contributed by atoms with E-state index < -0.39 is 0 Å². The number of aryl methyl sites for hydroxylation is 1. The zero-order valence-corrected chi connectivity index (χ0v) is 12.9. The summed E-state index contributed by atoms with van der Waals surface area (Å²) in [5.41, 5.74) is 8.76. The molecule has 112 valence electrons. The van der Waals surface area contributed by atoms with Gasteiger partial charge in [0.05, 0.1) is 0 Å². The summed E-state index contributed by atoms with van der Waals surface area (Å²) in [7, 11) is 4.15. The lowest BCUT2D eigenvalue weighted by Gasteiger charge is -2.26. The van der Waals surface area contributed by atoms with Crippen molar-refractivity contribution in [3.05, 3.63) is 29.3 Å². The molecule has 0 amide bonds. The first-order valence-corrected chi connectivity index (χ1v) is 6.97. The van der Waals surface area contributed by atoms with Crippen LogP contribution in [0.1, 0.15) is 24.5 Å². The van der Waals surface area contributed by atoms with E-state index in [1.807, 2.05) is 19.1 Å². The molecule has 0 aliphatic rings. The molecular weight excluding hydrogens is 252 g/mol. The quantitative estimate of drug-likeness (QED) is 0.346. The largest absolute Gasteiger partial charge is 0.409 e. The van der Waals surface area contributed by atoms with Gasteiger partial charge in [0.1, 0.15) is 0 Å². The minimum atomic E-state index is 0.158. The molecule has 0 radical (unpaired) electrons. The Morgan fingerprint density at radius 2 is 2.00 bits per heavy atom. The molecule has 0 bridgehead atoms. The predicted octanol–water partition coefficient (Wildman–Crippen LogP) is 1.87. The molecule has 0 unspecified atom stereocenters. The minimum absolute atomic E-state index is 0.158. The number of hydrogen-bond acceptors (Lipinski definition) is 4. The lowest BCUT2D eigenvalue weighted by atomic mass is 10.1. The average molecular weight is 278 g/mol. The van der Waals surface area contributed by atoms with Crippen LogP contribution in [0.5, 0.6) is 0 Å². The van der Waals surface area contributed by atoms with Crippen molar-refractivity contribution in [1.82, 2.24) is 4.90 Å². The zero-order valence-electron chi connectivity index (χ0n) is 12.9. The van der Waals surface area contributed by atoms with Crippen LogP contribution in [0.2, 0.25) is 0 Å². The number of hydrogen-bond donors (Lipinski definition) is 2. The van der Waals surface area contributed by atoms with E-state index in [0.717, 1.165) is 37.3 Å². The normalized spacial score (nSPS) is 11.9. The Labute approximate surface area is 121 Å². The Kier molecular flexibility index (Phi) is 6.31. The van der Waals surface area contributed by atoms with E-state index in [4.69, 9.17) is 10.9 Å². The number of benzene rings is 1. The second-order valence-electron chi connectivity index (χ2n) is 5.24. The maximum absolute atomic E-state index is 8.92. The van der Waals surface area contributed by atoms with Crippen LogP contribution in [0.15, 0.2) is 23.4 Å². The Hall–Kier alpha value is -1.75. The molecule has 0 spiro atoms. The summed E-state index contributed by atoms with van der Waals surface area (Å²) in [5.74, 6) is 0.158. The fourth-order valence-corrected chi connectivity index (χ4v) is 2.20. The van der Waals surface area contributed by atoms with Gasteiger partial charge in [-0.1, -0.05) is 11.2 Å². The zero-order chi connectivity index (χ0) is 15.1. The first-order valence-electron chi connectivity index (χ1n) is 6.97. The molecule has 20 heavy (non-hydrogen) atoms. The highest BCUT2D eigenvalue weighted by Crippen LogP contribution is 2.22. The van der Waals surface area contributed by atoms with Crippen LogP contribution in [-0.4, -0.2) is 49.7 Å². The van der Waals surface area contributed by atoms with Crippen molar-refractivity contribution in [2.45, 2.75) is 20.3 Å². The molecule has 0 aromatic heterocycles. The van der Waals surface area contributed by atoms with Gasteiger partial charge in [-0.05, 0) is 58.6 Å². The summed E-state index contributed by atoms with van der Waals surface area (Å²) < 4.78 is 0. The summed E-state index contributed by atoms with van der Waals surface area (Å²) in [6, 6.07) is 5.98. The van der Waals surface area contributed by atoms with Gasteiger partial charge in [0.25, 0.3) is 0 Å². The van der Waals surface area contributed by atoms with Gasteiger partial charge < -0.3 is 20.7 Å². The summed E-state index contributed by atoms with van der Waals surface area (Å²) >= 11 is 0. The van der Waals surface area contributed by atoms with Crippen LogP contribution in [0.25, 0.3) is 0 Å². The van der Waals surface area contributed by atoms with Crippen LogP contribution >= 0.6 is 0 Å². The number of anilines is 1. The van der Waals surface area contributed by atoms with Gasteiger partial charge in [-0.3, -0.25) is 0 Å². The van der Waals surface area contributed by atoms with E-state index in [9.17, 15) is 0 Å². The van der Waals surface area contributed by atoms with Gasteiger partial charge in [-0.15, -0.1) is 0 Å². The summed E-state index contributed by atoms with van der Waals surface area (Å²) in [6.45, 7) is 7.05. The second-order valence-corrected chi connectivity index (χ2v) is 5.24. The lowest BCUT2D eigenvalue weighted by molar-refractivity contribution is 0.318. The van der Waals surface area contributed by atoms with Crippen LogP contribution in [-0.2, 0) is 0 Å². The van der Waals surface area contributed by atoms with Gasteiger partial charge >= 0.3 is 0 Å². The van der Waals surface area contributed by atoms with Crippen LogP contribution in [0, 0.1) is 6.92 Å². The fraction of sp³-hybridized carbons (Fsp3) is 0.533. The predicted molar refractivity (Wildman–Crippen MR) is 84.7 cm³/mol. The second kappa shape index (κ2) is 7.75. The Morgan fingerprint density at radius 3 is 2.55 bits per heavy atom. The van der Waals surface area contributed by atoms with E-state index in [0.29, 0.717) is 0 Å². The lowest BCUT2D eigenvalue weighted by Crippen LogP contribution is -2.29. The van der Waals surface area contributed by atoms with E-state index in [1.165, 1.54) is 5.56 Å². The van der Waals surface area contributed by atoms with Gasteiger partial charge in [-0.2, -0.15) is 0 Å². The number of amidine groups is 1. The van der Waals surface area contributed by atoms with Gasteiger partial charge in [0.2, 0.25) is 0 Å². The van der Waals surface area contributed by atoms with Crippen LogP contribution in [0.4, 0.5) is 5.69 Å². The summed E-state index contributed by atoms with van der Waals surface area (Å²) in [4.78, 5) is 4.44. The monoisotopic (exact) mass is 278 g/mol. The molecule has 0 fully saturated rings. The topological polar surface area (TPSA) is 65.1 Å². The third-order valence-electron chi connectivity index (χ3n) is 3.29. The van der Waals surface area contributed by atoms with Crippen molar-refractivity contribution in [3.8, 4) is 0 Å². The van der Waals surface area contributed by atoms with Crippen molar-refractivity contribution < 1.29 is 5.21 Å². The molecule has 0 heterocycles. The Bertz CT molecular complexity index is 457. The highest BCUT2D eigenvalue weighted by molar-refractivity contribution is 6.02. The van der Waals surface area contributed by atoms with Gasteiger partial charge in [-0.25, -0.2) is 0 Å². The third-order valence-corrected chi connectivity index (χ3v) is 3.29. The first kappa shape index (κ1) is 16.3. The molecule has 0 aliphatic heterocycles. The molecule has 3 N–H and O–H groups in total. The van der Waals surface area contributed by atoms with E-state index >= 15 is 0 Å². The van der Waals surface area contributed by atoms with Gasteiger partial charge in [0, 0.05) is 24.3 Å². The summed E-state index contributed by atoms with van der Waals surface area (Å²) in [5, 5.41) is 12.1. The fourth-order valence-electron chi connectivity index (χ4n) is 2.20. The standard InChI is InChI=1S/C15H26N4O/c1-5-19(10-6-9-18(3)4)14-11-12(2)7-8-13(14)15(16)17-20/h7-8,11,20H,5-6,9-10H2,1-4H3,(H2,16,17). The van der Waals surface area contributed by atoms with Crippen molar-refractivity contribution in [1.29, 1.82) is 0 Å². The van der Waals surface area contributed by atoms with E-state index in [-0.39, 0.29) is 5.84 Å². The maximum atomic E-state index is 8.92. The number of nitrogens with zero attached hydrogens (tertiary/aromatic N) is 3. The van der Waals surface area contributed by atoms with E-state index in [1.54, 1.807) is 0 Å². The average Bonchev–Trinajstić information content (AvgIpc) is 2.42. The maximum Gasteiger partial charge on any atom is 0.172 e. The van der Waals surface area contributed by atoms with E-state index in [2.05, 4.69) is 42.0 Å². The number of nitrogens with two attached hydrogens (primary N) is 1. The molecular formula is C15H26N4O. The number of oxime groups is 1. The smallest absolute Gasteiger partial charge is 0.172 e. The highest BCUT2D eigenvalue weighted by Gasteiger charge is 2.13. The van der Waals surface area contributed by atoms with Gasteiger partial charge in [0.15, 0.2) is 5.84 Å². The first-order chi connectivity index (χ1) is 9.49. The number of rotatable bonds is 7. The Morgan fingerprint density at radius 1 is 1.30 bits per heavy atom. The molecule has 1 aromatic carbocycles. The van der Waals surface area contributed by atoms with Crippen molar-refractivity contribution >= 4 is 11.5 Å². The molecule has 0 atom stereocenters. The third kappa shape index (κ3) is 4.42. The van der Waals surface area contributed by atoms with Crippen molar-refractivity contribution in [3.63, 3.8) is 0 Å². The molecule has 1 rings (SSSR count). The molecule has 1 aromatic rings. The van der Waals surface area contributed by atoms with Crippen LogP contribution < -0.4 is 10.6 Å². The molecule has 5 nitrogen and oxygen atoms in total. The SMILES string of the molecule is CCN(CCCN(C)C)c1cc(C)ccc1/C(N)=N/O. The minimum Gasteiger partial charge on any atom is -0.409 e. The molecule has 0 saturated heterocycles. The molecule has 5 heteroatoms. The van der Waals surface area contributed by atoms with Crippen LogP contribution in [0.3, 0.4) is 0 Å². The summed E-state index contributed by atoms with van der Waals surface area (Å²) in [6.07, 6.45) is 1.07. The van der Waals surface area contributed by atoms with Crippen molar-refractivity contribution in [2.75, 3.05) is 38.6 Å². The van der Waals surface area contributed by atoms with Crippen molar-refractivity contribution in [2.24, 2.45) is 10.9 Å². The molecule has 0 aliphatic carbocycles. The highest BCUT2D eigenvalue weighted by atomic mass is 16.4. The Balaban J connectivity index is 2.98.